The molecule has 0 heterocycles. The molecule has 0 aliphatic heterocycles. The van der Waals surface area contributed by atoms with Crippen molar-refractivity contribution < 1.29 is 18.9 Å². The molecule has 0 saturated carbocycles. The normalized spacial score (nSPS) is 11.5. The Labute approximate surface area is 150 Å². The minimum atomic E-state index is -4.60. The van der Waals surface area contributed by atoms with Crippen molar-refractivity contribution in [2.24, 2.45) is 0 Å². The average Bonchev–Trinajstić information content (AvgIpc) is 2.57. The molecule has 25 heavy (non-hydrogen) atoms. The van der Waals surface area contributed by atoms with Crippen LogP contribution in [-0.4, -0.2) is 9.79 Å². The Morgan fingerprint density at radius 1 is 0.880 bits per heavy atom. The van der Waals surface area contributed by atoms with Gasteiger partial charge in [-0.3, -0.25) is 9.79 Å². The summed E-state index contributed by atoms with van der Waals surface area (Å²) in [6.07, 6.45) is 6.42. The number of phosphoric ester groups is 1. The van der Waals surface area contributed by atoms with E-state index in [2.05, 4.69) is 19.9 Å². The van der Waals surface area contributed by atoms with Gasteiger partial charge in [0.15, 0.2) is 0 Å². The van der Waals surface area contributed by atoms with E-state index in [-0.39, 0.29) is 5.75 Å². The van der Waals surface area contributed by atoms with Gasteiger partial charge in [-0.25, -0.2) is 4.57 Å². The number of benzene rings is 2. The van der Waals surface area contributed by atoms with Gasteiger partial charge in [-0.15, -0.1) is 0 Å². The molecule has 0 amide bonds. The van der Waals surface area contributed by atoms with Gasteiger partial charge in [0.2, 0.25) is 0 Å². The lowest BCUT2D eigenvalue weighted by molar-refractivity contribution is 0.283. The second kappa shape index (κ2) is 9.19. The largest absolute Gasteiger partial charge is 0.524 e. The zero-order valence-electron chi connectivity index (χ0n) is 14.9. The summed E-state index contributed by atoms with van der Waals surface area (Å²) in [5.74, 6) is 0.223. The maximum atomic E-state index is 11.3. The number of phosphoric acid groups is 1. The average molecular weight is 362 g/mol. The molecule has 2 rings (SSSR count). The predicted molar refractivity (Wildman–Crippen MR) is 102 cm³/mol. The molecule has 5 heteroatoms. The van der Waals surface area contributed by atoms with Crippen molar-refractivity contribution in [1.82, 2.24) is 0 Å². The van der Waals surface area contributed by atoms with Crippen LogP contribution in [0.1, 0.15) is 50.7 Å². The van der Waals surface area contributed by atoms with Crippen molar-refractivity contribution in [3.63, 3.8) is 0 Å². The number of unbranched alkanes of at least 4 members (excludes halogenated alkanes) is 2. The molecular formula is C20H27O4P. The van der Waals surface area contributed by atoms with Crippen LogP contribution in [0.3, 0.4) is 0 Å². The standard InChI is InChI=1S/C20H27O4P/c1-3-5-10-16-11-9-14-18(17(16)12-6-4-2)19-13-7-8-15-20(19)24-25(21,22)23/h7-9,11,13-15H,3-6,10,12H2,1-2H3,(H2,21,22,23). The highest BCUT2D eigenvalue weighted by Gasteiger charge is 2.20. The van der Waals surface area contributed by atoms with E-state index >= 15 is 0 Å². The van der Waals surface area contributed by atoms with Crippen molar-refractivity contribution in [3.8, 4) is 16.9 Å². The van der Waals surface area contributed by atoms with Crippen molar-refractivity contribution in [3.05, 3.63) is 53.6 Å². The molecule has 0 bridgehead atoms. The van der Waals surface area contributed by atoms with Crippen LogP contribution >= 0.6 is 7.82 Å². The van der Waals surface area contributed by atoms with E-state index in [1.54, 1.807) is 12.1 Å². The third kappa shape index (κ3) is 5.71. The lowest BCUT2D eigenvalue weighted by Crippen LogP contribution is -2.00. The quantitative estimate of drug-likeness (QED) is 0.577. The minimum Gasteiger partial charge on any atom is -0.404 e. The van der Waals surface area contributed by atoms with Gasteiger partial charge in [0.25, 0.3) is 0 Å². The van der Waals surface area contributed by atoms with Crippen molar-refractivity contribution >= 4 is 7.82 Å². The smallest absolute Gasteiger partial charge is 0.404 e. The van der Waals surface area contributed by atoms with Gasteiger partial charge in [-0.1, -0.05) is 63.1 Å². The number of hydrogen-bond acceptors (Lipinski definition) is 2. The van der Waals surface area contributed by atoms with Gasteiger partial charge in [-0.05, 0) is 48.4 Å². The summed E-state index contributed by atoms with van der Waals surface area (Å²) < 4.78 is 16.3. The third-order valence-corrected chi connectivity index (χ3v) is 4.68. The van der Waals surface area contributed by atoms with Crippen molar-refractivity contribution in [2.45, 2.75) is 52.4 Å². The molecule has 2 aromatic rings. The van der Waals surface area contributed by atoms with Crippen LogP contribution < -0.4 is 4.52 Å². The molecule has 2 N–H and O–H groups in total. The summed E-state index contributed by atoms with van der Waals surface area (Å²) in [7, 11) is -4.60. The second-order valence-corrected chi connectivity index (χ2v) is 7.39. The van der Waals surface area contributed by atoms with Gasteiger partial charge in [0, 0.05) is 5.56 Å². The second-order valence-electron chi connectivity index (χ2n) is 6.23. The van der Waals surface area contributed by atoms with Gasteiger partial charge in [-0.2, -0.15) is 0 Å². The Balaban J connectivity index is 2.52. The van der Waals surface area contributed by atoms with Gasteiger partial charge < -0.3 is 4.52 Å². The summed E-state index contributed by atoms with van der Waals surface area (Å²) in [4.78, 5) is 18.4. The van der Waals surface area contributed by atoms with E-state index < -0.39 is 7.82 Å². The molecule has 0 fully saturated rings. The first-order chi connectivity index (χ1) is 12.0. The van der Waals surface area contributed by atoms with Crippen LogP contribution in [0, 0.1) is 0 Å². The number of aryl methyl sites for hydroxylation is 1. The van der Waals surface area contributed by atoms with Crippen LogP contribution in [0.25, 0.3) is 11.1 Å². The summed E-state index contributed by atoms with van der Waals surface area (Å²) in [6.45, 7) is 4.35. The van der Waals surface area contributed by atoms with Gasteiger partial charge >= 0.3 is 7.82 Å². The highest BCUT2D eigenvalue weighted by atomic mass is 31.2. The summed E-state index contributed by atoms with van der Waals surface area (Å²) in [5.41, 5.74) is 4.32. The third-order valence-electron chi connectivity index (χ3n) is 4.25. The molecular weight excluding hydrogens is 335 g/mol. The number of hydrogen-bond donors (Lipinski definition) is 2. The molecule has 0 spiro atoms. The molecule has 0 aliphatic carbocycles. The zero-order chi connectivity index (χ0) is 18.3. The topological polar surface area (TPSA) is 66.8 Å². The minimum absolute atomic E-state index is 0.223. The Morgan fingerprint density at radius 2 is 1.52 bits per heavy atom. The molecule has 2 aromatic carbocycles. The molecule has 0 aromatic heterocycles. The van der Waals surface area contributed by atoms with E-state index in [4.69, 9.17) is 4.52 Å². The highest BCUT2D eigenvalue weighted by molar-refractivity contribution is 7.46. The first-order valence-corrected chi connectivity index (χ1v) is 10.4. The Hall–Kier alpha value is -1.61. The highest BCUT2D eigenvalue weighted by Crippen LogP contribution is 2.43. The lowest BCUT2D eigenvalue weighted by atomic mass is 9.89. The Morgan fingerprint density at radius 3 is 2.20 bits per heavy atom. The van der Waals surface area contributed by atoms with Crippen LogP contribution in [0.2, 0.25) is 0 Å². The molecule has 0 aliphatic rings. The van der Waals surface area contributed by atoms with E-state index in [1.807, 2.05) is 24.3 Å². The maximum Gasteiger partial charge on any atom is 0.524 e. The lowest BCUT2D eigenvalue weighted by Gasteiger charge is -2.18. The van der Waals surface area contributed by atoms with E-state index in [0.717, 1.165) is 49.7 Å². The van der Waals surface area contributed by atoms with Crippen molar-refractivity contribution in [2.75, 3.05) is 0 Å². The van der Waals surface area contributed by atoms with E-state index in [0.29, 0.717) is 0 Å². The summed E-state index contributed by atoms with van der Waals surface area (Å²) in [5, 5.41) is 0. The Bertz CT molecular complexity index is 736. The van der Waals surface area contributed by atoms with Gasteiger partial charge in [0.05, 0.1) is 0 Å². The molecule has 4 nitrogen and oxygen atoms in total. The summed E-state index contributed by atoms with van der Waals surface area (Å²) >= 11 is 0. The number of para-hydroxylation sites is 1. The fraction of sp³-hybridized carbons (Fsp3) is 0.400. The monoisotopic (exact) mass is 362 g/mol. The van der Waals surface area contributed by atoms with Crippen LogP contribution in [0.5, 0.6) is 5.75 Å². The molecule has 0 atom stereocenters. The first-order valence-electron chi connectivity index (χ1n) is 8.91. The molecule has 136 valence electrons. The van der Waals surface area contributed by atoms with Crippen LogP contribution in [0.15, 0.2) is 42.5 Å². The predicted octanol–water partition coefficient (Wildman–Crippen LogP) is 5.51. The molecule has 0 unspecified atom stereocenters. The van der Waals surface area contributed by atoms with E-state index in [9.17, 15) is 14.4 Å². The zero-order valence-corrected chi connectivity index (χ0v) is 15.8. The maximum absolute atomic E-state index is 11.3. The fourth-order valence-corrected chi connectivity index (χ4v) is 3.45. The molecule has 0 saturated heterocycles. The fourth-order valence-electron chi connectivity index (χ4n) is 3.03. The Kier molecular flexibility index (Phi) is 7.24. The van der Waals surface area contributed by atoms with Crippen LogP contribution in [0.4, 0.5) is 0 Å². The van der Waals surface area contributed by atoms with Crippen LogP contribution in [-0.2, 0) is 17.4 Å². The van der Waals surface area contributed by atoms with Gasteiger partial charge in [0.1, 0.15) is 5.75 Å². The SMILES string of the molecule is CCCCc1cccc(-c2ccccc2OP(=O)(O)O)c1CCCC. The van der Waals surface area contributed by atoms with E-state index in [1.165, 1.54) is 11.1 Å². The van der Waals surface area contributed by atoms with Crippen molar-refractivity contribution in [1.29, 1.82) is 0 Å². The molecule has 0 radical (unpaired) electrons. The number of rotatable bonds is 9. The summed E-state index contributed by atoms with van der Waals surface area (Å²) in [6, 6.07) is 13.3. The first kappa shape index (κ1) is 19.7.